The number of amides is 1. The van der Waals surface area contributed by atoms with Crippen LogP contribution in [-0.2, 0) is 9.53 Å². The van der Waals surface area contributed by atoms with Crippen molar-refractivity contribution in [1.82, 2.24) is 10.6 Å². The maximum atomic E-state index is 10.9. The Balaban J connectivity index is 2.16. The van der Waals surface area contributed by atoms with Gasteiger partial charge in [-0.15, -0.1) is 0 Å². The molecule has 1 amide bonds. The Labute approximate surface area is 78.0 Å². The average molecular weight is 182 g/mol. The van der Waals surface area contributed by atoms with Crippen molar-refractivity contribution in [1.29, 1.82) is 0 Å². The van der Waals surface area contributed by atoms with Gasteiger partial charge in [-0.25, -0.2) is 0 Å². The molecule has 0 aromatic carbocycles. The van der Waals surface area contributed by atoms with Crippen molar-refractivity contribution in [3.63, 3.8) is 0 Å². The van der Waals surface area contributed by atoms with E-state index in [2.05, 4.69) is 22.5 Å². The van der Waals surface area contributed by atoms with Crippen molar-refractivity contribution in [2.45, 2.75) is 13.0 Å². The van der Waals surface area contributed by atoms with Gasteiger partial charge in [0.1, 0.15) is 0 Å². The van der Waals surface area contributed by atoms with Gasteiger partial charge in [0.2, 0.25) is 0 Å². The minimum absolute atomic E-state index is 0.0800. The van der Waals surface area contributed by atoms with Crippen molar-refractivity contribution < 1.29 is 9.53 Å². The first-order valence-electron chi connectivity index (χ1n) is 4.36. The number of ether oxygens (including phenoxy) is 1. The van der Waals surface area contributed by atoms with Crippen LogP contribution in [0.25, 0.3) is 0 Å². The summed E-state index contributed by atoms with van der Waals surface area (Å²) in [4.78, 5) is 10.9. The molecule has 1 aliphatic heterocycles. The second-order valence-electron chi connectivity index (χ2n) is 2.78. The number of hydrogen-bond donors (Lipinski definition) is 2. The zero-order valence-electron chi connectivity index (χ0n) is 7.72. The molecule has 72 valence electrons. The van der Waals surface area contributed by atoms with Crippen molar-refractivity contribution in [3.05, 3.63) is 0 Å². The molecule has 0 spiro atoms. The number of nitrogens with one attached hydrogen (secondary N) is 2. The van der Waals surface area contributed by atoms with Gasteiger partial charge in [-0.2, -0.15) is 0 Å². The first-order chi connectivity index (χ1) is 6.33. The highest BCUT2D eigenvalue weighted by Gasteiger charge is 2.13. The molecule has 1 atom stereocenters. The topological polar surface area (TPSA) is 50.4 Å². The predicted molar refractivity (Wildman–Crippen MR) is 49.1 cm³/mol. The van der Waals surface area contributed by atoms with E-state index >= 15 is 0 Å². The normalized spacial score (nSPS) is 21.5. The summed E-state index contributed by atoms with van der Waals surface area (Å²) in [6, 6.07) is 0. The van der Waals surface area contributed by atoms with Crippen LogP contribution in [0.3, 0.4) is 0 Å². The van der Waals surface area contributed by atoms with Gasteiger partial charge in [0.25, 0.3) is 5.91 Å². The van der Waals surface area contributed by atoms with Crippen LogP contribution >= 0.6 is 0 Å². The maximum absolute atomic E-state index is 10.9. The smallest absolute Gasteiger partial charge is 0.295 e. The number of rotatable bonds is 2. The summed E-state index contributed by atoms with van der Waals surface area (Å²) in [6.45, 7) is 4.55. The van der Waals surface area contributed by atoms with Gasteiger partial charge in [0.05, 0.1) is 12.7 Å². The summed E-state index contributed by atoms with van der Waals surface area (Å²) >= 11 is 0. The van der Waals surface area contributed by atoms with Gasteiger partial charge < -0.3 is 15.4 Å². The second kappa shape index (κ2) is 5.57. The molecule has 0 aromatic heterocycles. The van der Waals surface area contributed by atoms with E-state index in [-0.39, 0.29) is 12.0 Å². The van der Waals surface area contributed by atoms with Gasteiger partial charge in [0.15, 0.2) is 0 Å². The van der Waals surface area contributed by atoms with Crippen molar-refractivity contribution in [3.8, 4) is 11.8 Å². The predicted octanol–water partition coefficient (Wildman–Crippen LogP) is -0.886. The SMILES string of the molecule is CC#CC(=O)NCC1CNCCO1. The molecular weight excluding hydrogens is 168 g/mol. The monoisotopic (exact) mass is 182 g/mol. The summed E-state index contributed by atoms with van der Waals surface area (Å²) in [5.74, 6) is 4.71. The van der Waals surface area contributed by atoms with E-state index in [1.165, 1.54) is 0 Å². The van der Waals surface area contributed by atoms with E-state index < -0.39 is 0 Å². The van der Waals surface area contributed by atoms with Crippen LogP contribution in [0.1, 0.15) is 6.92 Å². The minimum atomic E-state index is -0.239. The Bertz CT molecular complexity index is 224. The number of hydrogen-bond acceptors (Lipinski definition) is 3. The van der Waals surface area contributed by atoms with E-state index in [1.807, 2.05) is 0 Å². The molecular formula is C9H14N2O2. The number of morpholine rings is 1. The van der Waals surface area contributed by atoms with Crippen LogP contribution in [0.2, 0.25) is 0 Å². The molecule has 1 rings (SSSR count). The highest BCUT2D eigenvalue weighted by molar-refractivity contribution is 5.93. The Kier molecular flexibility index (Phi) is 4.30. The Morgan fingerprint density at radius 2 is 2.62 bits per heavy atom. The van der Waals surface area contributed by atoms with Crippen LogP contribution in [0.5, 0.6) is 0 Å². The Morgan fingerprint density at radius 1 is 1.77 bits per heavy atom. The fraction of sp³-hybridized carbons (Fsp3) is 0.667. The van der Waals surface area contributed by atoms with Gasteiger partial charge in [-0.1, -0.05) is 5.92 Å². The molecule has 0 radical (unpaired) electrons. The lowest BCUT2D eigenvalue weighted by Crippen LogP contribution is -2.44. The molecule has 2 N–H and O–H groups in total. The molecule has 4 nitrogen and oxygen atoms in total. The van der Waals surface area contributed by atoms with Crippen LogP contribution in [0.15, 0.2) is 0 Å². The summed E-state index contributed by atoms with van der Waals surface area (Å²) in [7, 11) is 0. The van der Waals surface area contributed by atoms with Crippen LogP contribution in [0.4, 0.5) is 0 Å². The lowest BCUT2D eigenvalue weighted by atomic mass is 10.3. The van der Waals surface area contributed by atoms with Gasteiger partial charge in [-0.3, -0.25) is 4.79 Å². The zero-order chi connectivity index (χ0) is 9.52. The highest BCUT2D eigenvalue weighted by atomic mass is 16.5. The molecule has 0 saturated carbocycles. The fourth-order valence-electron chi connectivity index (χ4n) is 1.12. The standard InChI is InChI=1S/C9H14N2O2/c1-2-3-9(12)11-7-8-6-10-4-5-13-8/h8,10H,4-7H2,1H3,(H,11,12). The minimum Gasteiger partial charge on any atom is -0.374 e. The molecule has 0 bridgehead atoms. The molecule has 1 heterocycles. The molecule has 0 aliphatic carbocycles. The molecule has 0 aromatic rings. The Morgan fingerprint density at radius 3 is 3.23 bits per heavy atom. The third-order valence-electron chi connectivity index (χ3n) is 1.73. The third-order valence-corrected chi connectivity index (χ3v) is 1.73. The first-order valence-corrected chi connectivity index (χ1v) is 4.36. The van der Waals surface area contributed by atoms with Crippen molar-refractivity contribution in [2.75, 3.05) is 26.2 Å². The molecule has 1 unspecified atom stereocenters. The van der Waals surface area contributed by atoms with E-state index in [0.29, 0.717) is 13.2 Å². The molecule has 13 heavy (non-hydrogen) atoms. The molecule has 1 fully saturated rings. The van der Waals surface area contributed by atoms with E-state index in [9.17, 15) is 4.79 Å². The van der Waals surface area contributed by atoms with E-state index in [4.69, 9.17) is 4.74 Å². The zero-order valence-corrected chi connectivity index (χ0v) is 7.72. The van der Waals surface area contributed by atoms with Crippen LogP contribution in [0, 0.1) is 11.8 Å². The summed E-state index contributed by atoms with van der Waals surface area (Å²) in [5.41, 5.74) is 0. The van der Waals surface area contributed by atoms with Crippen LogP contribution in [-0.4, -0.2) is 38.3 Å². The number of carbonyl (C=O) groups excluding carboxylic acids is 1. The lowest BCUT2D eigenvalue weighted by Gasteiger charge is -2.23. The summed E-state index contributed by atoms with van der Waals surface area (Å²) in [6.07, 6.45) is 0.0800. The van der Waals surface area contributed by atoms with E-state index in [0.717, 1.165) is 13.1 Å². The van der Waals surface area contributed by atoms with Gasteiger partial charge in [0, 0.05) is 19.6 Å². The molecule has 4 heteroatoms. The molecule has 1 aliphatic rings. The van der Waals surface area contributed by atoms with Gasteiger partial charge in [-0.05, 0) is 12.8 Å². The first kappa shape index (κ1) is 10.0. The second-order valence-corrected chi connectivity index (χ2v) is 2.78. The quantitative estimate of drug-likeness (QED) is 0.545. The summed E-state index contributed by atoms with van der Waals surface area (Å²) < 4.78 is 5.38. The largest absolute Gasteiger partial charge is 0.374 e. The van der Waals surface area contributed by atoms with E-state index in [1.54, 1.807) is 6.92 Å². The number of carbonyl (C=O) groups is 1. The highest BCUT2D eigenvalue weighted by Crippen LogP contribution is 1.93. The molecule has 1 saturated heterocycles. The third kappa shape index (κ3) is 3.92. The van der Waals surface area contributed by atoms with Crippen molar-refractivity contribution in [2.24, 2.45) is 0 Å². The average Bonchev–Trinajstić information content (AvgIpc) is 2.17. The van der Waals surface area contributed by atoms with Crippen LogP contribution < -0.4 is 10.6 Å². The maximum Gasteiger partial charge on any atom is 0.295 e. The summed E-state index contributed by atoms with van der Waals surface area (Å²) in [5, 5.41) is 5.85. The van der Waals surface area contributed by atoms with Crippen molar-refractivity contribution >= 4 is 5.91 Å². The Hall–Kier alpha value is -1.05. The lowest BCUT2D eigenvalue weighted by molar-refractivity contribution is -0.116. The van der Waals surface area contributed by atoms with Gasteiger partial charge >= 0.3 is 0 Å². The fourth-order valence-corrected chi connectivity index (χ4v) is 1.12.